The summed E-state index contributed by atoms with van der Waals surface area (Å²) >= 11 is 0. The molecule has 2 rings (SSSR count). The minimum Gasteiger partial charge on any atom is -0.382 e. The van der Waals surface area contributed by atoms with Crippen molar-refractivity contribution in [1.82, 2.24) is 15.1 Å². The summed E-state index contributed by atoms with van der Waals surface area (Å²) in [4.78, 5) is 14.3. The summed E-state index contributed by atoms with van der Waals surface area (Å²) in [6.07, 6.45) is 1.48. The molecule has 0 aromatic carbocycles. The Labute approximate surface area is 113 Å². The van der Waals surface area contributed by atoms with Gasteiger partial charge < -0.3 is 14.4 Å². The Kier molecular flexibility index (Phi) is 3.91. The van der Waals surface area contributed by atoms with Crippen molar-refractivity contribution in [3.8, 4) is 0 Å². The van der Waals surface area contributed by atoms with E-state index in [0.29, 0.717) is 25.3 Å². The average molecular weight is 267 g/mol. The first-order valence-corrected chi connectivity index (χ1v) is 6.39. The third kappa shape index (κ3) is 3.13. The van der Waals surface area contributed by atoms with Gasteiger partial charge in [-0.25, -0.2) is 0 Å². The lowest BCUT2D eigenvalue weighted by Crippen LogP contribution is -2.55. The zero-order valence-corrected chi connectivity index (χ0v) is 11.9. The van der Waals surface area contributed by atoms with Gasteiger partial charge in [-0.1, -0.05) is 0 Å². The fourth-order valence-electron chi connectivity index (χ4n) is 2.46. The van der Waals surface area contributed by atoms with Crippen molar-refractivity contribution in [3.05, 3.63) is 17.5 Å². The summed E-state index contributed by atoms with van der Waals surface area (Å²) in [5.74, 6) is -0.0104. The molecule has 1 aromatic heterocycles. The molecule has 1 aliphatic rings. The zero-order valence-electron chi connectivity index (χ0n) is 11.9. The summed E-state index contributed by atoms with van der Waals surface area (Å²) < 4.78 is 11.0. The topological polar surface area (TPSA) is 67.5 Å². The summed E-state index contributed by atoms with van der Waals surface area (Å²) in [5, 5.41) is 6.69. The van der Waals surface area contributed by atoms with Crippen LogP contribution in [0.4, 0.5) is 0 Å². The summed E-state index contributed by atoms with van der Waals surface area (Å²) in [6.45, 7) is 7.40. The SMILES string of the molecule is COCC1CN(C(=O)c2cn[nH]c2C)CC(C)(C)O1. The van der Waals surface area contributed by atoms with E-state index in [1.165, 1.54) is 0 Å². The molecule has 0 spiro atoms. The first kappa shape index (κ1) is 14.0. The maximum atomic E-state index is 12.5. The Morgan fingerprint density at radius 2 is 2.42 bits per heavy atom. The van der Waals surface area contributed by atoms with Gasteiger partial charge in [-0.2, -0.15) is 5.10 Å². The van der Waals surface area contributed by atoms with Crippen molar-refractivity contribution < 1.29 is 14.3 Å². The maximum Gasteiger partial charge on any atom is 0.257 e. The Hall–Kier alpha value is -1.40. The number of methoxy groups -OCH3 is 1. The maximum absolute atomic E-state index is 12.5. The number of H-pyrrole nitrogens is 1. The molecule has 0 bridgehead atoms. The van der Waals surface area contributed by atoms with Gasteiger partial charge in [-0.15, -0.1) is 0 Å². The molecule has 1 unspecified atom stereocenters. The number of carbonyl (C=O) groups is 1. The van der Waals surface area contributed by atoms with Crippen molar-refractivity contribution in [2.24, 2.45) is 0 Å². The number of ether oxygens (including phenoxy) is 2. The standard InChI is InChI=1S/C13H21N3O3/c1-9-11(5-14-15-9)12(17)16-6-10(7-18-4)19-13(2,3)8-16/h5,10H,6-8H2,1-4H3,(H,14,15). The van der Waals surface area contributed by atoms with Gasteiger partial charge in [0.25, 0.3) is 5.91 Å². The molecule has 6 nitrogen and oxygen atoms in total. The first-order valence-electron chi connectivity index (χ1n) is 6.39. The number of morpholine rings is 1. The number of carbonyl (C=O) groups excluding carboxylic acids is 1. The molecular weight excluding hydrogens is 246 g/mol. The summed E-state index contributed by atoms with van der Waals surface area (Å²) in [6, 6.07) is 0. The van der Waals surface area contributed by atoms with E-state index in [0.717, 1.165) is 5.69 Å². The molecule has 106 valence electrons. The molecule has 1 atom stereocenters. The lowest BCUT2D eigenvalue weighted by molar-refractivity contribution is -0.143. The van der Waals surface area contributed by atoms with Gasteiger partial charge in [0, 0.05) is 25.9 Å². The molecule has 6 heteroatoms. The Bertz CT molecular complexity index is 456. The Balaban J connectivity index is 2.15. The third-order valence-corrected chi connectivity index (χ3v) is 3.18. The number of nitrogens with one attached hydrogen (secondary N) is 1. The number of amides is 1. The van der Waals surface area contributed by atoms with Crippen LogP contribution in [0.3, 0.4) is 0 Å². The minimum absolute atomic E-state index is 0.0104. The molecule has 0 aliphatic carbocycles. The summed E-state index contributed by atoms with van der Waals surface area (Å²) in [7, 11) is 1.64. The smallest absolute Gasteiger partial charge is 0.257 e. The van der Waals surface area contributed by atoms with Crippen molar-refractivity contribution in [1.29, 1.82) is 0 Å². The molecule has 2 heterocycles. The highest BCUT2D eigenvalue weighted by atomic mass is 16.5. The number of aryl methyl sites for hydroxylation is 1. The largest absolute Gasteiger partial charge is 0.382 e. The molecule has 0 radical (unpaired) electrons. The van der Waals surface area contributed by atoms with Gasteiger partial charge >= 0.3 is 0 Å². The van der Waals surface area contributed by atoms with Crippen LogP contribution < -0.4 is 0 Å². The number of hydrogen-bond donors (Lipinski definition) is 1. The molecule has 1 amide bonds. The second-order valence-electron chi connectivity index (χ2n) is 5.55. The Morgan fingerprint density at radius 3 is 3.00 bits per heavy atom. The normalized spacial score (nSPS) is 22.5. The van der Waals surface area contributed by atoms with E-state index in [-0.39, 0.29) is 17.6 Å². The Morgan fingerprint density at radius 1 is 1.68 bits per heavy atom. The van der Waals surface area contributed by atoms with Crippen LogP contribution in [0.15, 0.2) is 6.20 Å². The third-order valence-electron chi connectivity index (χ3n) is 3.18. The molecule has 1 saturated heterocycles. The van der Waals surface area contributed by atoms with Gasteiger partial charge in [0.05, 0.1) is 30.1 Å². The molecule has 1 aliphatic heterocycles. The summed E-state index contributed by atoms with van der Waals surface area (Å²) in [5.41, 5.74) is 1.04. The number of hydrogen-bond acceptors (Lipinski definition) is 4. The molecular formula is C13H21N3O3. The predicted molar refractivity (Wildman–Crippen MR) is 70.1 cm³/mol. The average Bonchev–Trinajstić information content (AvgIpc) is 2.73. The zero-order chi connectivity index (χ0) is 14.0. The van der Waals surface area contributed by atoms with E-state index in [2.05, 4.69) is 10.2 Å². The number of aromatic amines is 1. The lowest BCUT2D eigenvalue weighted by Gasteiger charge is -2.42. The van der Waals surface area contributed by atoms with E-state index >= 15 is 0 Å². The van der Waals surface area contributed by atoms with E-state index in [1.54, 1.807) is 13.3 Å². The molecule has 19 heavy (non-hydrogen) atoms. The van der Waals surface area contributed by atoms with E-state index < -0.39 is 0 Å². The fourth-order valence-corrected chi connectivity index (χ4v) is 2.46. The lowest BCUT2D eigenvalue weighted by atomic mass is 10.0. The fraction of sp³-hybridized carbons (Fsp3) is 0.692. The number of nitrogens with zero attached hydrogens (tertiary/aromatic N) is 2. The quantitative estimate of drug-likeness (QED) is 0.886. The molecule has 1 N–H and O–H groups in total. The van der Waals surface area contributed by atoms with E-state index in [9.17, 15) is 4.79 Å². The van der Waals surface area contributed by atoms with Crippen LogP contribution in [0.1, 0.15) is 29.9 Å². The molecule has 1 fully saturated rings. The van der Waals surface area contributed by atoms with Crippen LogP contribution in [0, 0.1) is 6.92 Å². The van der Waals surface area contributed by atoms with Crippen molar-refractivity contribution >= 4 is 5.91 Å². The highest BCUT2D eigenvalue weighted by Crippen LogP contribution is 2.23. The van der Waals surface area contributed by atoms with Crippen LogP contribution in [0.5, 0.6) is 0 Å². The highest BCUT2D eigenvalue weighted by molar-refractivity contribution is 5.95. The number of rotatable bonds is 3. The number of aromatic nitrogens is 2. The van der Waals surface area contributed by atoms with Crippen molar-refractivity contribution in [3.63, 3.8) is 0 Å². The minimum atomic E-state index is -0.366. The molecule has 1 aromatic rings. The van der Waals surface area contributed by atoms with Gasteiger partial charge in [-0.05, 0) is 20.8 Å². The van der Waals surface area contributed by atoms with Crippen molar-refractivity contribution in [2.75, 3.05) is 26.8 Å². The van der Waals surface area contributed by atoms with Gasteiger partial charge in [0.1, 0.15) is 0 Å². The first-order chi connectivity index (χ1) is 8.93. The highest BCUT2D eigenvalue weighted by Gasteiger charge is 2.36. The second kappa shape index (κ2) is 5.30. The van der Waals surface area contributed by atoms with Gasteiger partial charge in [0.2, 0.25) is 0 Å². The van der Waals surface area contributed by atoms with Crippen LogP contribution in [0.2, 0.25) is 0 Å². The van der Waals surface area contributed by atoms with Crippen LogP contribution >= 0.6 is 0 Å². The van der Waals surface area contributed by atoms with E-state index in [1.807, 2.05) is 25.7 Å². The second-order valence-corrected chi connectivity index (χ2v) is 5.55. The monoisotopic (exact) mass is 267 g/mol. The van der Waals surface area contributed by atoms with Crippen LogP contribution in [0.25, 0.3) is 0 Å². The van der Waals surface area contributed by atoms with Crippen molar-refractivity contribution in [2.45, 2.75) is 32.5 Å². The predicted octanol–water partition coefficient (Wildman–Crippen LogP) is 0.984. The van der Waals surface area contributed by atoms with Gasteiger partial charge in [0.15, 0.2) is 0 Å². The van der Waals surface area contributed by atoms with E-state index in [4.69, 9.17) is 9.47 Å². The van der Waals surface area contributed by atoms with Crippen LogP contribution in [-0.2, 0) is 9.47 Å². The van der Waals surface area contributed by atoms with Crippen LogP contribution in [-0.4, -0.2) is 59.5 Å². The molecule has 0 saturated carbocycles. The van der Waals surface area contributed by atoms with Gasteiger partial charge in [-0.3, -0.25) is 9.89 Å².